The van der Waals surface area contributed by atoms with E-state index in [2.05, 4.69) is 16.0 Å². The summed E-state index contributed by atoms with van der Waals surface area (Å²) in [7, 11) is 0. The number of aliphatic hydroxyl groups excluding tert-OH is 1. The van der Waals surface area contributed by atoms with E-state index in [0.717, 1.165) is 6.29 Å². The highest BCUT2D eigenvalue weighted by molar-refractivity contribution is 5.85. The van der Waals surface area contributed by atoms with Crippen LogP contribution < -0.4 is 16.0 Å². The van der Waals surface area contributed by atoms with Gasteiger partial charge in [-0.1, -0.05) is 27.7 Å². The van der Waals surface area contributed by atoms with Gasteiger partial charge >= 0.3 is 18.2 Å². The second-order valence-electron chi connectivity index (χ2n) is 11.9. The number of esters is 1. The Hall–Kier alpha value is -2.89. The summed E-state index contributed by atoms with van der Waals surface area (Å²) in [6.07, 6.45) is -1.03. The van der Waals surface area contributed by atoms with Gasteiger partial charge in [0.1, 0.15) is 24.0 Å². The number of alkyl carbamates (subject to hydrolysis) is 2. The van der Waals surface area contributed by atoms with E-state index in [9.17, 15) is 29.1 Å². The van der Waals surface area contributed by atoms with E-state index in [1.54, 1.807) is 48.5 Å². The van der Waals surface area contributed by atoms with Crippen LogP contribution in [0.4, 0.5) is 9.59 Å². The van der Waals surface area contributed by atoms with Crippen molar-refractivity contribution in [2.75, 3.05) is 13.2 Å². The Morgan fingerprint density at radius 2 is 1.28 bits per heavy atom. The first-order valence-electron chi connectivity index (χ1n) is 13.3. The van der Waals surface area contributed by atoms with Gasteiger partial charge in [-0.2, -0.15) is 0 Å². The SMILES string of the molecule is CC(C)C[C@@H](C=O)NC(=O)OC(C)(C)C.CCOC(=O)CNC(=O)C(O)[C@H](CC(C)C)NC(=O)OC(C)(C)C. The molecule has 0 saturated heterocycles. The van der Waals surface area contributed by atoms with Gasteiger partial charge in [-0.3, -0.25) is 9.59 Å². The van der Waals surface area contributed by atoms with Gasteiger partial charge in [0.15, 0.2) is 6.10 Å². The van der Waals surface area contributed by atoms with Gasteiger partial charge in [-0.25, -0.2) is 9.59 Å². The zero-order chi connectivity index (χ0) is 31.0. The second kappa shape index (κ2) is 18.4. The summed E-state index contributed by atoms with van der Waals surface area (Å²) in [6.45, 7) is 19.8. The molecule has 0 aromatic heterocycles. The molecule has 0 bridgehead atoms. The van der Waals surface area contributed by atoms with Gasteiger partial charge in [0.05, 0.1) is 18.7 Å². The van der Waals surface area contributed by atoms with Crippen molar-refractivity contribution in [3.8, 4) is 0 Å². The van der Waals surface area contributed by atoms with Crippen molar-refractivity contribution in [2.45, 2.75) is 118 Å². The maximum Gasteiger partial charge on any atom is 0.408 e. The van der Waals surface area contributed by atoms with Gasteiger partial charge in [0.25, 0.3) is 5.91 Å². The second-order valence-corrected chi connectivity index (χ2v) is 11.9. The van der Waals surface area contributed by atoms with Crippen LogP contribution in [0.5, 0.6) is 0 Å². The van der Waals surface area contributed by atoms with Gasteiger partial charge in [-0.15, -0.1) is 0 Å². The van der Waals surface area contributed by atoms with Crippen molar-refractivity contribution in [3.05, 3.63) is 0 Å². The van der Waals surface area contributed by atoms with Crippen molar-refractivity contribution < 1.29 is 43.3 Å². The third-order valence-corrected chi connectivity index (χ3v) is 4.38. The standard InChI is InChI=1S/C16H30N2O6.C11H21NO3/c1-7-23-12(19)9-17-14(21)13(20)11(8-10(2)3)18-15(22)24-16(4,5)6;1-8(2)6-9(7-13)12-10(14)15-11(3,4)5/h10-11,13,20H,7-9H2,1-6H3,(H,17,21)(H,18,22);7-9H,6H2,1-5H3,(H,12,14)/t11-,13?;9-/m00/s1. The lowest BCUT2D eigenvalue weighted by atomic mass is 9.98. The number of carbonyl (C=O) groups is 5. The van der Waals surface area contributed by atoms with Crippen molar-refractivity contribution in [1.29, 1.82) is 0 Å². The molecular weight excluding hydrogens is 510 g/mol. The molecule has 4 N–H and O–H groups in total. The monoisotopic (exact) mass is 561 g/mol. The fraction of sp³-hybridized carbons (Fsp3) is 0.815. The minimum atomic E-state index is -1.51. The lowest BCUT2D eigenvalue weighted by molar-refractivity contribution is -0.144. The van der Waals surface area contributed by atoms with Crippen molar-refractivity contribution in [3.63, 3.8) is 0 Å². The molecule has 0 heterocycles. The van der Waals surface area contributed by atoms with E-state index >= 15 is 0 Å². The lowest BCUT2D eigenvalue weighted by Gasteiger charge is -2.27. The van der Waals surface area contributed by atoms with Crippen molar-refractivity contribution in [2.24, 2.45) is 11.8 Å². The van der Waals surface area contributed by atoms with E-state index in [4.69, 9.17) is 14.2 Å². The number of ether oxygens (including phenoxy) is 3. The molecule has 0 spiro atoms. The van der Waals surface area contributed by atoms with Crippen LogP contribution in [0.3, 0.4) is 0 Å². The van der Waals surface area contributed by atoms with Gasteiger partial charge in [0, 0.05) is 0 Å². The molecule has 228 valence electrons. The Kier molecular flexibility index (Phi) is 18.1. The molecule has 0 aliphatic heterocycles. The summed E-state index contributed by atoms with van der Waals surface area (Å²) in [5, 5.41) is 17.5. The number of rotatable bonds is 12. The fourth-order valence-electron chi connectivity index (χ4n) is 3.01. The Bertz CT molecular complexity index is 771. The van der Waals surface area contributed by atoms with Crippen LogP contribution in [0.15, 0.2) is 0 Å². The molecular formula is C27H51N3O9. The molecule has 1 unspecified atom stereocenters. The first-order chi connectivity index (χ1) is 17.7. The van der Waals surface area contributed by atoms with Crippen LogP contribution in [0.2, 0.25) is 0 Å². The molecule has 0 saturated carbocycles. The molecule has 12 nitrogen and oxygen atoms in total. The number of aldehydes is 1. The zero-order valence-corrected chi connectivity index (χ0v) is 25.5. The highest BCUT2D eigenvalue weighted by atomic mass is 16.6. The predicted molar refractivity (Wildman–Crippen MR) is 147 cm³/mol. The average Bonchev–Trinajstić information content (AvgIpc) is 2.73. The van der Waals surface area contributed by atoms with E-state index in [1.807, 2.05) is 27.7 Å². The molecule has 0 fully saturated rings. The molecule has 0 radical (unpaired) electrons. The number of hydrogen-bond acceptors (Lipinski definition) is 9. The molecule has 0 aliphatic carbocycles. The van der Waals surface area contributed by atoms with Crippen LogP contribution in [0.1, 0.15) is 89.0 Å². The summed E-state index contributed by atoms with van der Waals surface area (Å²) in [4.78, 5) is 57.1. The van der Waals surface area contributed by atoms with E-state index in [-0.39, 0.29) is 19.1 Å². The van der Waals surface area contributed by atoms with Crippen molar-refractivity contribution >= 4 is 30.3 Å². The summed E-state index contributed by atoms with van der Waals surface area (Å²) in [5.41, 5.74) is -1.22. The Balaban J connectivity index is 0. The molecule has 0 aromatic carbocycles. The third-order valence-electron chi connectivity index (χ3n) is 4.38. The fourth-order valence-corrected chi connectivity index (χ4v) is 3.01. The summed E-state index contributed by atoms with van der Waals surface area (Å²) >= 11 is 0. The maximum absolute atomic E-state index is 12.0. The highest BCUT2D eigenvalue weighted by Gasteiger charge is 2.30. The van der Waals surface area contributed by atoms with E-state index in [0.29, 0.717) is 18.8 Å². The predicted octanol–water partition coefficient (Wildman–Crippen LogP) is 3.09. The number of carbonyl (C=O) groups excluding carboxylic acids is 5. The number of amides is 3. The van der Waals surface area contributed by atoms with Gasteiger partial charge in [-0.05, 0) is 73.1 Å². The Morgan fingerprint density at radius 3 is 1.67 bits per heavy atom. The average molecular weight is 562 g/mol. The third kappa shape index (κ3) is 22.8. The van der Waals surface area contributed by atoms with Crippen molar-refractivity contribution in [1.82, 2.24) is 16.0 Å². The maximum atomic E-state index is 12.0. The number of hydrogen-bond donors (Lipinski definition) is 4. The van der Waals surface area contributed by atoms with Crippen LogP contribution in [0, 0.1) is 11.8 Å². The molecule has 0 aromatic rings. The quantitative estimate of drug-likeness (QED) is 0.159. The first kappa shape index (κ1) is 38.3. The lowest BCUT2D eigenvalue weighted by Crippen LogP contribution is -2.52. The number of aliphatic hydroxyl groups is 1. The normalized spacial score (nSPS) is 13.7. The zero-order valence-electron chi connectivity index (χ0n) is 25.5. The largest absolute Gasteiger partial charge is 0.465 e. The summed E-state index contributed by atoms with van der Waals surface area (Å²) in [6, 6.07) is -1.29. The summed E-state index contributed by atoms with van der Waals surface area (Å²) in [5.74, 6) is -0.879. The van der Waals surface area contributed by atoms with Crippen LogP contribution in [0.25, 0.3) is 0 Å². The topological polar surface area (TPSA) is 169 Å². The first-order valence-corrected chi connectivity index (χ1v) is 13.3. The van der Waals surface area contributed by atoms with E-state index < -0.39 is 53.5 Å². The minimum Gasteiger partial charge on any atom is -0.465 e. The van der Waals surface area contributed by atoms with E-state index in [1.165, 1.54) is 0 Å². The highest BCUT2D eigenvalue weighted by Crippen LogP contribution is 2.12. The van der Waals surface area contributed by atoms with Crippen LogP contribution >= 0.6 is 0 Å². The minimum absolute atomic E-state index is 0.123. The number of nitrogens with one attached hydrogen (secondary N) is 3. The smallest absolute Gasteiger partial charge is 0.408 e. The van der Waals surface area contributed by atoms with Gasteiger partial charge < -0.3 is 40.1 Å². The molecule has 0 rings (SSSR count). The molecule has 3 atom stereocenters. The molecule has 3 amide bonds. The van der Waals surface area contributed by atoms with Gasteiger partial charge in [0.2, 0.25) is 0 Å². The molecule has 39 heavy (non-hydrogen) atoms. The Labute approximate surface area is 233 Å². The molecule has 0 aliphatic rings. The van der Waals surface area contributed by atoms with Crippen LogP contribution in [-0.4, -0.2) is 78.0 Å². The van der Waals surface area contributed by atoms with Crippen LogP contribution in [-0.2, 0) is 28.6 Å². The Morgan fingerprint density at radius 1 is 0.821 bits per heavy atom. The summed E-state index contributed by atoms with van der Waals surface area (Å²) < 4.78 is 14.9. The molecule has 12 heteroatoms.